The number of carbonyl (C=O) groups excluding carboxylic acids is 1. The van der Waals surface area contributed by atoms with E-state index in [4.69, 9.17) is 0 Å². The second-order valence-corrected chi connectivity index (χ2v) is 5.76. The number of piperidine rings is 1. The number of nitrogens with one attached hydrogen (secondary N) is 2. The molecule has 4 heteroatoms. The Balaban J connectivity index is 1.66. The molecule has 106 valence electrons. The topological polar surface area (TPSA) is 44.4 Å². The zero-order valence-electron chi connectivity index (χ0n) is 12.0. The Morgan fingerprint density at radius 1 is 1.42 bits per heavy atom. The molecule has 1 saturated heterocycles. The summed E-state index contributed by atoms with van der Waals surface area (Å²) in [5, 5.41) is 6.00. The van der Waals surface area contributed by atoms with E-state index >= 15 is 0 Å². The van der Waals surface area contributed by atoms with Gasteiger partial charge in [0.25, 0.3) is 0 Å². The Morgan fingerprint density at radius 2 is 2.16 bits per heavy atom. The first-order chi connectivity index (χ1) is 9.13. The fourth-order valence-corrected chi connectivity index (χ4v) is 2.47. The van der Waals surface area contributed by atoms with Crippen molar-refractivity contribution < 1.29 is 4.79 Å². The number of allylic oxidation sites excluding steroid dienone is 2. The standard InChI is InChI=1S/C15H25N3O/c1-12-3-5-13(6-4-12)11-16-15(19)17-14-7-9-18(2)10-8-14/h3,5-6,12,14H,4,7-11H2,1-2H3,(H2,16,17,19). The van der Waals surface area contributed by atoms with Crippen molar-refractivity contribution in [3.8, 4) is 0 Å². The Morgan fingerprint density at radius 3 is 2.79 bits per heavy atom. The van der Waals surface area contributed by atoms with Crippen LogP contribution in [0.25, 0.3) is 0 Å². The Bertz CT molecular complexity index is 368. The third-order valence-electron chi connectivity index (χ3n) is 3.90. The summed E-state index contributed by atoms with van der Waals surface area (Å²) < 4.78 is 0. The summed E-state index contributed by atoms with van der Waals surface area (Å²) in [5.74, 6) is 0.622. The molecule has 0 saturated carbocycles. The second-order valence-electron chi connectivity index (χ2n) is 5.76. The molecular formula is C15H25N3O. The lowest BCUT2D eigenvalue weighted by Gasteiger charge is -2.29. The molecule has 0 bridgehead atoms. The minimum atomic E-state index is -0.0394. The van der Waals surface area contributed by atoms with E-state index in [-0.39, 0.29) is 6.03 Å². The van der Waals surface area contributed by atoms with Gasteiger partial charge in [0, 0.05) is 12.6 Å². The highest BCUT2D eigenvalue weighted by Crippen LogP contribution is 2.14. The summed E-state index contributed by atoms with van der Waals surface area (Å²) in [4.78, 5) is 14.1. The number of rotatable bonds is 3. The summed E-state index contributed by atoms with van der Waals surface area (Å²) in [5.41, 5.74) is 1.21. The maximum absolute atomic E-state index is 11.8. The van der Waals surface area contributed by atoms with Gasteiger partial charge in [-0.05, 0) is 50.9 Å². The van der Waals surface area contributed by atoms with Crippen LogP contribution in [0.3, 0.4) is 0 Å². The molecule has 0 aromatic rings. The number of nitrogens with zero attached hydrogens (tertiary/aromatic N) is 1. The lowest BCUT2D eigenvalue weighted by molar-refractivity contribution is 0.214. The molecule has 0 spiro atoms. The normalized spacial score (nSPS) is 24.9. The minimum absolute atomic E-state index is 0.0394. The van der Waals surface area contributed by atoms with Crippen LogP contribution in [0.15, 0.2) is 23.8 Å². The quantitative estimate of drug-likeness (QED) is 0.817. The first-order valence-electron chi connectivity index (χ1n) is 7.23. The largest absolute Gasteiger partial charge is 0.335 e. The van der Waals surface area contributed by atoms with Crippen molar-refractivity contribution in [2.24, 2.45) is 5.92 Å². The molecule has 2 rings (SSSR count). The number of carbonyl (C=O) groups is 1. The highest BCUT2D eigenvalue weighted by atomic mass is 16.2. The maximum Gasteiger partial charge on any atom is 0.315 e. The zero-order valence-corrected chi connectivity index (χ0v) is 12.0. The van der Waals surface area contributed by atoms with Crippen molar-refractivity contribution in [3.63, 3.8) is 0 Å². The van der Waals surface area contributed by atoms with E-state index in [1.54, 1.807) is 0 Å². The molecule has 2 N–H and O–H groups in total. The van der Waals surface area contributed by atoms with Crippen LogP contribution in [0.2, 0.25) is 0 Å². The molecule has 2 amide bonds. The molecule has 1 aliphatic heterocycles. The van der Waals surface area contributed by atoms with Crippen LogP contribution in [-0.4, -0.2) is 43.7 Å². The van der Waals surface area contributed by atoms with Gasteiger partial charge in [0.1, 0.15) is 0 Å². The fraction of sp³-hybridized carbons (Fsp3) is 0.667. The van der Waals surface area contributed by atoms with Crippen LogP contribution in [0.4, 0.5) is 4.79 Å². The molecule has 0 radical (unpaired) electrons. The van der Waals surface area contributed by atoms with E-state index in [2.05, 4.69) is 47.7 Å². The van der Waals surface area contributed by atoms with Gasteiger partial charge in [0.15, 0.2) is 0 Å². The molecule has 0 aromatic heterocycles. The van der Waals surface area contributed by atoms with Crippen molar-refractivity contribution >= 4 is 6.03 Å². The summed E-state index contributed by atoms with van der Waals surface area (Å²) in [7, 11) is 2.12. The van der Waals surface area contributed by atoms with Gasteiger partial charge in [-0.2, -0.15) is 0 Å². The number of hydrogen-bond acceptors (Lipinski definition) is 2. The molecule has 1 fully saturated rings. The first-order valence-corrected chi connectivity index (χ1v) is 7.23. The first kappa shape index (κ1) is 14.1. The van der Waals surface area contributed by atoms with Crippen LogP contribution < -0.4 is 10.6 Å². The average Bonchev–Trinajstić information content (AvgIpc) is 2.41. The minimum Gasteiger partial charge on any atom is -0.335 e. The van der Waals surface area contributed by atoms with Gasteiger partial charge < -0.3 is 15.5 Å². The van der Waals surface area contributed by atoms with Crippen LogP contribution in [0.1, 0.15) is 26.2 Å². The predicted octanol–water partition coefficient (Wildman–Crippen LogP) is 1.90. The Hall–Kier alpha value is -1.29. The number of amides is 2. The van der Waals surface area contributed by atoms with E-state index in [1.165, 1.54) is 5.57 Å². The molecular weight excluding hydrogens is 238 g/mol. The maximum atomic E-state index is 11.8. The van der Waals surface area contributed by atoms with Crippen molar-refractivity contribution in [2.45, 2.75) is 32.2 Å². The highest BCUT2D eigenvalue weighted by Gasteiger charge is 2.18. The van der Waals surface area contributed by atoms with Crippen LogP contribution in [0.5, 0.6) is 0 Å². The van der Waals surface area contributed by atoms with Crippen LogP contribution >= 0.6 is 0 Å². The van der Waals surface area contributed by atoms with E-state index < -0.39 is 0 Å². The van der Waals surface area contributed by atoms with Gasteiger partial charge in [-0.1, -0.05) is 25.2 Å². The number of urea groups is 1. The average molecular weight is 263 g/mol. The van der Waals surface area contributed by atoms with E-state index in [0.29, 0.717) is 18.5 Å². The van der Waals surface area contributed by atoms with Crippen molar-refractivity contribution in [1.82, 2.24) is 15.5 Å². The molecule has 1 atom stereocenters. The predicted molar refractivity (Wildman–Crippen MR) is 78.1 cm³/mol. The molecule has 1 heterocycles. The van der Waals surface area contributed by atoms with Crippen molar-refractivity contribution in [3.05, 3.63) is 23.8 Å². The number of hydrogen-bond donors (Lipinski definition) is 2. The SMILES string of the molecule is CC1C=CC(CNC(=O)NC2CCN(C)CC2)=CC1. The molecule has 4 nitrogen and oxygen atoms in total. The highest BCUT2D eigenvalue weighted by molar-refractivity contribution is 5.74. The second kappa shape index (κ2) is 6.75. The van der Waals surface area contributed by atoms with Crippen molar-refractivity contribution in [1.29, 1.82) is 0 Å². The van der Waals surface area contributed by atoms with Gasteiger partial charge in [-0.3, -0.25) is 0 Å². The van der Waals surface area contributed by atoms with Gasteiger partial charge in [0.05, 0.1) is 0 Å². The molecule has 19 heavy (non-hydrogen) atoms. The zero-order chi connectivity index (χ0) is 13.7. The van der Waals surface area contributed by atoms with Gasteiger partial charge in [0.2, 0.25) is 0 Å². The van der Waals surface area contributed by atoms with E-state index in [0.717, 1.165) is 32.4 Å². The monoisotopic (exact) mass is 263 g/mol. The lowest BCUT2D eigenvalue weighted by Crippen LogP contribution is -2.47. The fourth-order valence-electron chi connectivity index (χ4n) is 2.47. The van der Waals surface area contributed by atoms with Gasteiger partial charge >= 0.3 is 6.03 Å². The van der Waals surface area contributed by atoms with Gasteiger partial charge in [-0.25, -0.2) is 4.79 Å². The summed E-state index contributed by atoms with van der Waals surface area (Å²) in [6.07, 6.45) is 9.69. The molecule has 1 unspecified atom stereocenters. The number of likely N-dealkylation sites (tertiary alicyclic amines) is 1. The van der Waals surface area contributed by atoms with Crippen LogP contribution in [0, 0.1) is 5.92 Å². The third kappa shape index (κ3) is 4.71. The summed E-state index contributed by atoms with van der Waals surface area (Å²) in [6.45, 7) is 4.96. The third-order valence-corrected chi connectivity index (χ3v) is 3.90. The van der Waals surface area contributed by atoms with Crippen molar-refractivity contribution in [2.75, 3.05) is 26.7 Å². The van der Waals surface area contributed by atoms with E-state index in [9.17, 15) is 4.79 Å². The van der Waals surface area contributed by atoms with E-state index in [1.807, 2.05) is 0 Å². The molecule has 1 aliphatic carbocycles. The summed E-state index contributed by atoms with van der Waals surface area (Å²) >= 11 is 0. The van der Waals surface area contributed by atoms with Crippen LogP contribution in [-0.2, 0) is 0 Å². The lowest BCUT2D eigenvalue weighted by atomic mass is 9.99. The smallest absolute Gasteiger partial charge is 0.315 e. The Kier molecular flexibility index (Phi) is 5.02. The van der Waals surface area contributed by atoms with Gasteiger partial charge in [-0.15, -0.1) is 0 Å². The Labute approximate surface area is 115 Å². The molecule has 2 aliphatic rings. The summed E-state index contributed by atoms with van der Waals surface area (Å²) in [6, 6.07) is 0.287. The molecule has 0 aromatic carbocycles.